The minimum atomic E-state index is 0.292. The van der Waals surface area contributed by atoms with Crippen molar-refractivity contribution >= 4 is 15.9 Å². The number of phenols is 1. The third-order valence-corrected chi connectivity index (χ3v) is 3.52. The second-order valence-electron chi connectivity index (χ2n) is 4.57. The van der Waals surface area contributed by atoms with Gasteiger partial charge in [-0.05, 0) is 57.9 Å². The van der Waals surface area contributed by atoms with E-state index in [-0.39, 0.29) is 0 Å². The number of nitrogens with two attached hydrogens (primary N) is 1. The van der Waals surface area contributed by atoms with Crippen molar-refractivity contribution in [2.45, 2.75) is 39.0 Å². The molecule has 3 N–H and O–H groups in total. The predicted molar refractivity (Wildman–Crippen MR) is 72.0 cm³/mol. The number of phenolic OH excluding ortho intramolecular Hbond substituents is 1. The number of hydrogen-bond acceptors (Lipinski definition) is 2. The Labute approximate surface area is 106 Å². The van der Waals surface area contributed by atoms with E-state index in [0.717, 1.165) is 16.5 Å². The van der Waals surface area contributed by atoms with E-state index >= 15 is 0 Å². The van der Waals surface area contributed by atoms with Crippen LogP contribution in [0.5, 0.6) is 5.75 Å². The number of halogens is 1. The molecule has 0 radical (unpaired) electrons. The number of aromatic hydroxyl groups is 1. The second kappa shape index (κ2) is 5.69. The van der Waals surface area contributed by atoms with Crippen molar-refractivity contribution in [3.63, 3.8) is 0 Å². The van der Waals surface area contributed by atoms with Gasteiger partial charge in [-0.1, -0.05) is 26.8 Å². The van der Waals surface area contributed by atoms with Crippen LogP contribution in [0.1, 0.15) is 50.2 Å². The summed E-state index contributed by atoms with van der Waals surface area (Å²) in [6, 6.07) is 4.07. The third-order valence-electron chi connectivity index (χ3n) is 2.91. The van der Waals surface area contributed by atoms with Crippen molar-refractivity contribution < 1.29 is 5.11 Å². The monoisotopic (exact) mass is 285 g/mol. The summed E-state index contributed by atoms with van der Waals surface area (Å²) < 4.78 is 0.776. The van der Waals surface area contributed by atoms with Crippen molar-refractivity contribution in [1.82, 2.24) is 0 Å². The molecule has 0 aromatic heterocycles. The van der Waals surface area contributed by atoms with Crippen LogP contribution < -0.4 is 5.73 Å². The normalized spacial score (nSPS) is 13.1. The van der Waals surface area contributed by atoms with Gasteiger partial charge in [0.2, 0.25) is 0 Å². The van der Waals surface area contributed by atoms with Crippen LogP contribution in [0.3, 0.4) is 0 Å². The molecule has 0 saturated heterocycles. The largest absolute Gasteiger partial charge is 0.506 e. The lowest BCUT2D eigenvalue weighted by molar-refractivity contribution is 0.457. The molecule has 1 unspecified atom stereocenters. The van der Waals surface area contributed by atoms with Crippen LogP contribution >= 0.6 is 15.9 Å². The van der Waals surface area contributed by atoms with Gasteiger partial charge < -0.3 is 10.8 Å². The molecule has 0 spiro atoms. The van der Waals surface area contributed by atoms with Crippen LogP contribution in [0.2, 0.25) is 0 Å². The highest BCUT2D eigenvalue weighted by molar-refractivity contribution is 9.10. The van der Waals surface area contributed by atoms with Crippen LogP contribution in [0, 0.1) is 0 Å². The van der Waals surface area contributed by atoms with Gasteiger partial charge >= 0.3 is 0 Å². The van der Waals surface area contributed by atoms with E-state index in [9.17, 15) is 5.11 Å². The number of hydrogen-bond donors (Lipinski definition) is 2. The summed E-state index contributed by atoms with van der Waals surface area (Å²) in [6.45, 7) is 7.04. The van der Waals surface area contributed by atoms with Crippen LogP contribution in [-0.4, -0.2) is 11.7 Å². The molecule has 1 rings (SSSR count). The zero-order valence-corrected chi connectivity index (χ0v) is 11.7. The molecule has 1 aromatic rings. The van der Waals surface area contributed by atoms with E-state index in [2.05, 4.69) is 42.8 Å². The van der Waals surface area contributed by atoms with Crippen molar-refractivity contribution in [3.05, 3.63) is 27.7 Å². The van der Waals surface area contributed by atoms with Crippen molar-refractivity contribution in [2.75, 3.05) is 6.54 Å². The zero-order chi connectivity index (χ0) is 12.3. The first-order valence-electron chi connectivity index (χ1n) is 5.69. The lowest BCUT2D eigenvalue weighted by Crippen LogP contribution is -2.05. The van der Waals surface area contributed by atoms with Gasteiger partial charge in [0.1, 0.15) is 5.75 Å². The molecule has 0 aliphatic rings. The molecule has 1 atom stereocenters. The smallest absolute Gasteiger partial charge is 0.133 e. The molecule has 0 aliphatic heterocycles. The Morgan fingerprint density at radius 1 is 1.31 bits per heavy atom. The summed E-state index contributed by atoms with van der Waals surface area (Å²) >= 11 is 3.40. The highest BCUT2D eigenvalue weighted by Gasteiger charge is 2.15. The third kappa shape index (κ3) is 2.98. The Hall–Kier alpha value is -0.540. The molecule has 3 heteroatoms. The Morgan fingerprint density at radius 3 is 2.44 bits per heavy atom. The van der Waals surface area contributed by atoms with E-state index in [1.807, 2.05) is 6.07 Å². The summed E-state index contributed by atoms with van der Waals surface area (Å²) in [7, 11) is 0. The molecule has 16 heavy (non-hydrogen) atoms. The minimum absolute atomic E-state index is 0.292. The predicted octanol–water partition coefficient (Wildman–Crippen LogP) is 3.73. The number of rotatable bonds is 4. The van der Waals surface area contributed by atoms with Gasteiger partial charge in [-0.25, -0.2) is 0 Å². The quantitative estimate of drug-likeness (QED) is 0.886. The van der Waals surface area contributed by atoms with Crippen molar-refractivity contribution in [3.8, 4) is 5.75 Å². The maximum absolute atomic E-state index is 10.0. The summed E-state index contributed by atoms with van der Waals surface area (Å²) in [5.41, 5.74) is 7.79. The summed E-state index contributed by atoms with van der Waals surface area (Å²) in [5, 5.41) is 10.0. The van der Waals surface area contributed by atoms with E-state index < -0.39 is 0 Å². The Morgan fingerprint density at radius 2 is 1.94 bits per heavy atom. The standard InChI is InChI=1S/C13H20BrNO/c1-8(2)10-6-11(9(3)4-5-15)13(16)12(14)7-10/h6-9,16H,4-5,15H2,1-3H3. The van der Waals surface area contributed by atoms with E-state index in [4.69, 9.17) is 5.73 Å². The molecule has 2 nitrogen and oxygen atoms in total. The van der Waals surface area contributed by atoms with Gasteiger partial charge in [0.25, 0.3) is 0 Å². The molecule has 90 valence electrons. The van der Waals surface area contributed by atoms with Crippen molar-refractivity contribution in [1.29, 1.82) is 0 Å². The molecular weight excluding hydrogens is 266 g/mol. The van der Waals surface area contributed by atoms with E-state index in [1.54, 1.807) is 0 Å². The fraction of sp³-hybridized carbons (Fsp3) is 0.538. The molecule has 0 heterocycles. The molecule has 1 aromatic carbocycles. The van der Waals surface area contributed by atoms with Gasteiger partial charge in [-0.15, -0.1) is 0 Å². The SMILES string of the molecule is CC(C)c1cc(Br)c(O)c(C(C)CCN)c1. The van der Waals surface area contributed by atoms with Gasteiger partial charge in [-0.3, -0.25) is 0 Å². The first-order chi connectivity index (χ1) is 7.47. The lowest BCUT2D eigenvalue weighted by atomic mass is 9.92. The lowest BCUT2D eigenvalue weighted by Gasteiger charge is -2.17. The molecule has 0 aliphatic carbocycles. The van der Waals surface area contributed by atoms with Crippen LogP contribution in [0.25, 0.3) is 0 Å². The molecule has 0 saturated carbocycles. The fourth-order valence-electron chi connectivity index (χ4n) is 1.76. The summed E-state index contributed by atoms with van der Waals surface area (Å²) in [5.74, 6) is 1.10. The summed E-state index contributed by atoms with van der Waals surface area (Å²) in [6.07, 6.45) is 0.890. The fourth-order valence-corrected chi connectivity index (χ4v) is 2.25. The van der Waals surface area contributed by atoms with Gasteiger partial charge in [0.15, 0.2) is 0 Å². The van der Waals surface area contributed by atoms with Gasteiger partial charge in [0, 0.05) is 0 Å². The van der Waals surface area contributed by atoms with Crippen LogP contribution in [-0.2, 0) is 0 Å². The maximum Gasteiger partial charge on any atom is 0.133 e. The first kappa shape index (κ1) is 13.5. The molecule has 0 amide bonds. The average Bonchev–Trinajstić information content (AvgIpc) is 2.21. The Bertz CT molecular complexity index is 363. The molecule has 0 fully saturated rings. The molecular formula is C13H20BrNO. The van der Waals surface area contributed by atoms with E-state index in [1.165, 1.54) is 5.56 Å². The highest BCUT2D eigenvalue weighted by Crippen LogP contribution is 2.37. The van der Waals surface area contributed by atoms with Gasteiger partial charge in [-0.2, -0.15) is 0 Å². The maximum atomic E-state index is 10.0. The minimum Gasteiger partial charge on any atom is -0.506 e. The van der Waals surface area contributed by atoms with Crippen molar-refractivity contribution in [2.24, 2.45) is 5.73 Å². The topological polar surface area (TPSA) is 46.2 Å². The van der Waals surface area contributed by atoms with Crippen LogP contribution in [0.4, 0.5) is 0 Å². The van der Waals surface area contributed by atoms with Gasteiger partial charge in [0.05, 0.1) is 4.47 Å². The Balaban J connectivity index is 3.16. The summed E-state index contributed by atoms with van der Waals surface area (Å²) in [4.78, 5) is 0. The number of benzene rings is 1. The highest BCUT2D eigenvalue weighted by atomic mass is 79.9. The zero-order valence-electron chi connectivity index (χ0n) is 10.1. The first-order valence-corrected chi connectivity index (χ1v) is 6.49. The second-order valence-corrected chi connectivity index (χ2v) is 5.43. The Kier molecular flexibility index (Phi) is 4.81. The molecule has 0 bridgehead atoms. The van der Waals surface area contributed by atoms with E-state index in [0.29, 0.717) is 24.1 Å². The average molecular weight is 286 g/mol. The van der Waals surface area contributed by atoms with Crippen LogP contribution in [0.15, 0.2) is 16.6 Å².